The van der Waals surface area contributed by atoms with E-state index in [1.54, 1.807) is 0 Å². The lowest BCUT2D eigenvalue weighted by molar-refractivity contribution is 0.0555. The molecule has 1 rings (SSSR count). The molecule has 0 aromatic heterocycles. The third kappa shape index (κ3) is 6.34. The van der Waals surface area contributed by atoms with Crippen molar-refractivity contribution in [3.8, 4) is 6.07 Å². The summed E-state index contributed by atoms with van der Waals surface area (Å²) in [6.45, 7) is 7.01. The van der Waals surface area contributed by atoms with Gasteiger partial charge in [0.15, 0.2) is 0 Å². The van der Waals surface area contributed by atoms with Gasteiger partial charge in [-0.15, -0.1) is 0 Å². The van der Waals surface area contributed by atoms with E-state index in [-0.39, 0.29) is 6.04 Å². The molecule has 0 aliphatic carbocycles. The lowest BCUT2D eigenvalue weighted by Gasteiger charge is -2.27. The summed E-state index contributed by atoms with van der Waals surface area (Å²) in [6.07, 6.45) is 4.35. The van der Waals surface area contributed by atoms with Gasteiger partial charge in [-0.3, -0.25) is 0 Å². The first-order chi connectivity index (χ1) is 8.76. The molecule has 1 saturated heterocycles. The second-order valence-electron chi connectivity index (χ2n) is 5.24. The van der Waals surface area contributed by atoms with Crippen molar-refractivity contribution < 1.29 is 4.74 Å². The molecule has 1 aliphatic heterocycles. The van der Waals surface area contributed by atoms with E-state index in [4.69, 9.17) is 10.00 Å². The van der Waals surface area contributed by atoms with Crippen LogP contribution in [0.5, 0.6) is 0 Å². The third-order valence-corrected chi connectivity index (χ3v) is 3.51. The summed E-state index contributed by atoms with van der Waals surface area (Å²) in [7, 11) is 2.16. The Morgan fingerprint density at radius 2 is 2.17 bits per heavy atom. The number of nitrogens with one attached hydrogen (secondary N) is 1. The molecule has 0 radical (unpaired) electrons. The van der Waals surface area contributed by atoms with E-state index in [9.17, 15) is 0 Å². The van der Waals surface area contributed by atoms with Crippen molar-refractivity contribution in [3.63, 3.8) is 0 Å². The van der Waals surface area contributed by atoms with Gasteiger partial charge < -0.3 is 15.0 Å². The molecule has 1 aliphatic rings. The lowest BCUT2D eigenvalue weighted by atomic mass is 10.00. The van der Waals surface area contributed by atoms with Crippen LogP contribution in [0.3, 0.4) is 0 Å². The maximum Gasteiger partial charge on any atom is 0.0965 e. The monoisotopic (exact) mass is 253 g/mol. The zero-order valence-electron chi connectivity index (χ0n) is 11.8. The van der Waals surface area contributed by atoms with Gasteiger partial charge in [0.1, 0.15) is 0 Å². The van der Waals surface area contributed by atoms with E-state index < -0.39 is 0 Å². The van der Waals surface area contributed by atoms with Gasteiger partial charge in [-0.05, 0) is 45.2 Å². The Morgan fingerprint density at radius 1 is 1.44 bits per heavy atom. The molecule has 0 bridgehead atoms. The van der Waals surface area contributed by atoms with Crippen molar-refractivity contribution in [2.75, 3.05) is 39.9 Å². The summed E-state index contributed by atoms with van der Waals surface area (Å²) < 4.78 is 5.37. The van der Waals surface area contributed by atoms with Crippen LogP contribution < -0.4 is 5.32 Å². The predicted octanol–water partition coefficient (Wildman–Crippen LogP) is 1.63. The smallest absolute Gasteiger partial charge is 0.0965 e. The predicted molar refractivity (Wildman–Crippen MR) is 73.4 cm³/mol. The van der Waals surface area contributed by atoms with Crippen molar-refractivity contribution in [2.45, 2.75) is 38.6 Å². The quantitative estimate of drug-likeness (QED) is 0.714. The van der Waals surface area contributed by atoms with Crippen LogP contribution in [-0.4, -0.2) is 50.8 Å². The molecule has 18 heavy (non-hydrogen) atoms. The average Bonchev–Trinajstić information content (AvgIpc) is 2.40. The molecule has 0 saturated carbocycles. The molecule has 1 atom stereocenters. The lowest BCUT2D eigenvalue weighted by Crippen LogP contribution is -2.35. The summed E-state index contributed by atoms with van der Waals surface area (Å²) in [4.78, 5) is 2.36. The van der Waals surface area contributed by atoms with Crippen molar-refractivity contribution in [1.29, 1.82) is 5.26 Å². The van der Waals surface area contributed by atoms with E-state index in [0.29, 0.717) is 0 Å². The third-order valence-electron chi connectivity index (χ3n) is 3.51. The number of hydrogen-bond donors (Lipinski definition) is 1. The molecular weight excluding hydrogens is 226 g/mol. The molecule has 0 aromatic rings. The summed E-state index contributed by atoms with van der Waals surface area (Å²) in [5, 5.41) is 12.3. The number of nitriles is 1. The number of nitrogens with zero attached hydrogens (tertiary/aromatic N) is 2. The van der Waals surface area contributed by atoms with Gasteiger partial charge in [-0.1, -0.05) is 6.92 Å². The first-order valence-corrected chi connectivity index (χ1v) is 7.15. The first kappa shape index (κ1) is 15.4. The van der Waals surface area contributed by atoms with E-state index in [1.807, 2.05) is 0 Å². The number of ether oxygens (including phenoxy) is 1. The molecule has 4 heteroatoms. The van der Waals surface area contributed by atoms with Crippen LogP contribution in [0.1, 0.15) is 32.6 Å². The van der Waals surface area contributed by atoms with Crippen LogP contribution in [0, 0.1) is 17.2 Å². The molecule has 1 unspecified atom stereocenters. The van der Waals surface area contributed by atoms with Crippen LogP contribution in [0.4, 0.5) is 0 Å². The summed E-state index contributed by atoms with van der Waals surface area (Å²) in [5.74, 6) is 0.771. The molecule has 0 amide bonds. The molecule has 4 nitrogen and oxygen atoms in total. The zero-order chi connectivity index (χ0) is 13.2. The van der Waals surface area contributed by atoms with Gasteiger partial charge in [0, 0.05) is 26.3 Å². The number of rotatable bonds is 8. The Morgan fingerprint density at radius 3 is 2.78 bits per heavy atom. The van der Waals surface area contributed by atoms with Crippen molar-refractivity contribution in [3.05, 3.63) is 0 Å². The normalized spacial score (nSPS) is 18.8. The Kier molecular flexibility index (Phi) is 7.99. The van der Waals surface area contributed by atoms with Crippen molar-refractivity contribution in [2.24, 2.45) is 5.92 Å². The zero-order valence-corrected chi connectivity index (χ0v) is 11.8. The summed E-state index contributed by atoms with van der Waals surface area (Å²) >= 11 is 0. The molecule has 0 spiro atoms. The fraction of sp³-hybridized carbons (Fsp3) is 0.929. The average molecular weight is 253 g/mol. The molecule has 1 N–H and O–H groups in total. The van der Waals surface area contributed by atoms with Crippen LogP contribution in [0.15, 0.2) is 0 Å². The minimum absolute atomic E-state index is 0.00193. The van der Waals surface area contributed by atoms with Gasteiger partial charge in [0.05, 0.1) is 12.1 Å². The number of hydrogen-bond acceptors (Lipinski definition) is 4. The van der Waals surface area contributed by atoms with Crippen LogP contribution in [0.25, 0.3) is 0 Å². The highest BCUT2D eigenvalue weighted by atomic mass is 16.5. The Labute approximate surface area is 111 Å². The second-order valence-corrected chi connectivity index (χ2v) is 5.24. The minimum Gasteiger partial charge on any atom is -0.381 e. The van der Waals surface area contributed by atoms with E-state index in [1.165, 1.54) is 12.8 Å². The SMILES string of the molecule is CCCNC(C#N)CCN(C)CC1CCOCC1. The Balaban J connectivity index is 2.14. The Bertz CT molecular complexity index is 246. The van der Waals surface area contributed by atoms with Gasteiger partial charge in [-0.25, -0.2) is 0 Å². The molecule has 1 fully saturated rings. The second kappa shape index (κ2) is 9.32. The molecular formula is C14H27N3O. The van der Waals surface area contributed by atoms with Crippen LogP contribution >= 0.6 is 0 Å². The van der Waals surface area contributed by atoms with Crippen molar-refractivity contribution >= 4 is 0 Å². The van der Waals surface area contributed by atoms with Crippen molar-refractivity contribution in [1.82, 2.24) is 10.2 Å². The highest BCUT2D eigenvalue weighted by Gasteiger charge is 2.16. The van der Waals surface area contributed by atoms with Gasteiger partial charge >= 0.3 is 0 Å². The molecule has 0 aromatic carbocycles. The van der Waals surface area contributed by atoms with Gasteiger partial charge in [0.25, 0.3) is 0 Å². The summed E-state index contributed by atoms with van der Waals surface area (Å²) in [5.41, 5.74) is 0. The van der Waals surface area contributed by atoms with E-state index in [2.05, 4.69) is 30.3 Å². The highest BCUT2D eigenvalue weighted by Crippen LogP contribution is 2.15. The van der Waals surface area contributed by atoms with E-state index >= 15 is 0 Å². The molecule has 104 valence electrons. The fourth-order valence-corrected chi connectivity index (χ4v) is 2.34. The Hall–Kier alpha value is -0.630. The molecule has 1 heterocycles. The largest absolute Gasteiger partial charge is 0.381 e. The van der Waals surface area contributed by atoms with Crippen LogP contribution in [0.2, 0.25) is 0 Å². The standard InChI is InChI=1S/C14H27N3O/c1-3-7-16-14(11-15)4-8-17(2)12-13-5-9-18-10-6-13/h13-14,16H,3-10,12H2,1-2H3. The highest BCUT2D eigenvalue weighted by molar-refractivity contribution is 4.89. The summed E-state index contributed by atoms with van der Waals surface area (Å²) in [6, 6.07) is 2.34. The van der Waals surface area contributed by atoms with Gasteiger partial charge in [0.2, 0.25) is 0 Å². The van der Waals surface area contributed by atoms with Gasteiger partial charge in [-0.2, -0.15) is 5.26 Å². The fourth-order valence-electron chi connectivity index (χ4n) is 2.34. The first-order valence-electron chi connectivity index (χ1n) is 7.15. The van der Waals surface area contributed by atoms with E-state index in [0.717, 1.165) is 51.6 Å². The minimum atomic E-state index is 0.00193. The maximum absolute atomic E-state index is 9.04. The van der Waals surface area contributed by atoms with Crippen LogP contribution in [-0.2, 0) is 4.74 Å². The topological polar surface area (TPSA) is 48.3 Å². The maximum atomic E-state index is 9.04.